The summed E-state index contributed by atoms with van der Waals surface area (Å²) < 4.78 is 39.6. The number of carbonyl (C=O) groups excluding carboxylic acids is 1. The molecule has 7 nitrogen and oxygen atoms in total. The van der Waals surface area contributed by atoms with Crippen LogP contribution in [0, 0.1) is 13.8 Å². The van der Waals surface area contributed by atoms with E-state index in [0.717, 1.165) is 11.1 Å². The Bertz CT molecular complexity index is 1270. The molecule has 3 aromatic rings. The molecule has 0 aliphatic carbocycles. The zero-order valence-electron chi connectivity index (χ0n) is 18.7. The molecule has 1 amide bonds. The molecule has 0 radical (unpaired) electrons. The number of likely N-dealkylation sites (N-methyl/N-ethyl adjacent to an activating group) is 1. The number of sulfonamides is 1. The van der Waals surface area contributed by atoms with E-state index >= 15 is 0 Å². The minimum atomic E-state index is -3.72. The lowest BCUT2D eigenvalue weighted by molar-refractivity contribution is 0.0521. The molecular weight excluding hydrogens is 440 g/mol. The molecule has 0 aromatic heterocycles. The summed E-state index contributed by atoms with van der Waals surface area (Å²) in [4.78, 5) is 14.6. The Kier molecular flexibility index (Phi) is 6.29. The minimum Gasteiger partial charge on any atom is -0.486 e. The molecular formula is C25H26N2O5S. The second kappa shape index (κ2) is 9.15. The maximum absolute atomic E-state index is 12.8. The molecule has 1 atom stereocenters. The fraction of sp³-hybridized carbons (Fsp3) is 0.240. The summed E-state index contributed by atoms with van der Waals surface area (Å²) in [5.74, 6) is 1.16. The van der Waals surface area contributed by atoms with Crippen LogP contribution in [0.2, 0.25) is 0 Å². The molecule has 0 bridgehead atoms. The van der Waals surface area contributed by atoms with Gasteiger partial charge in [0.25, 0.3) is 15.9 Å². The highest BCUT2D eigenvalue weighted by Crippen LogP contribution is 2.31. The van der Waals surface area contributed by atoms with Crippen molar-refractivity contribution in [2.45, 2.75) is 24.8 Å². The first-order valence-corrected chi connectivity index (χ1v) is 12.1. The van der Waals surface area contributed by atoms with Crippen LogP contribution < -0.4 is 14.2 Å². The maximum atomic E-state index is 12.8. The normalized spacial score (nSPS) is 15.1. The van der Waals surface area contributed by atoms with Gasteiger partial charge in [0.2, 0.25) is 0 Å². The number of rotatable bonds is 6. The first kappa shape index (κ1) is 22.7. The van der Waals surface area contributed by atoms with E-state index in [-0.39, 0.29) is 16.9 Å². The fourth-order valence-electron chi connectivity index (χ4n) is 3.54. The van der Waals surface area contributed by atoms with Gasteiger partial charge in [-0.25, -0.2) is 8.42 Å². The zero-order chi connectivity index (χ0) is 23.6. The second-order valence-corrected chi connectivity index (χ2v) is 9.79. The molecule has 172 valence electrons. The molecule has 4 rings (SSSR count). The van der Waals surface area contributed by atoms with Gasteiger partial charge in [-0.3, -0.25) is 9.52 Å². The van der Waals surface area contributed by atoms with Gasteiger partial charge in [0.05, 0.1) is 11.4 Å². The average Bonchev–Trinajstić information content (AvgIpc) is 2.80. The average molecular weight is 467 g/mol. The molecule has 3 aromatic carbocycles. The first-order chi connectivity index (χ1) is 15.7. The largest absolute Gasteiger partial charge is 0.486 e. The molecule has 0 saturated carbocycles. The predicted octanol–water partition coefficient (Wildman–Crippen LogP) is 4.02. The van der Waals surface area contributed by atoms with Crippen LogP contribution in [-0.4, -0.2) is 45.5 Å². The van der Waals surface area contributed by atoms with E-state index in [0.29, 0.717) is 35.9 Å². The highest BCUT2D eigenvalue weighted by Gasteiger charge is 2.24. The van der Waals surface area contributed by atoms with Gasteiger partial charge in [-0.15, -0.1) is 0 Å². The highest BCUT2D eigenvalue weighted by atomic mass is 32.2. The lowest BCUT2D eigenvalue weighted by Crippen LogP contribution is -2.41. The number of aryl methyl sites for hydroxylation is 2. The van der Waals surface area contributed by atoms with Crippen LogP contribution in [0.25, 0.3) is 0 Å². The van der Waals surface area contributed by atoms with E-state index in [4.69, 9.17) is 9.47 Å². The molecule has 1 unspecified atom stereocenters. The summed E-state index contributed by atoms with van der Waals surface area (Å²) in [7, 11) is -2.02. The van der Waals surface area contributed by atoms with Crippen LogP contribution >= 0.6 is 0 Å². The molecule has 1 aliphatic heterocycles. The van der Waals surface area contributed by atoms with Crippen molar-refractivity contribution in [2.24, 2.45) is 0 Å². The van der Waals surface area contributed by atoms with Crippen molar-refractivity contribution < 1.29 is 22.7 Å². The summed E-state index contributed by atoms with van der Waals surface area (Å²) in [6, 6.07) is 18.8. The van der Waals surface area contributed by atoms with E-state index in [1.54, 1.807) is 54.4 Å². The molecule has 1 N–H and O–H groups in total. The van der Waals surface area contributed by atoms with Gasteiger partial charge in [0.1, 0.15) is 6.61 Å². The number of carbonyl (C=O) groups is 1. The highest BCUT2D eigenvalue weighted by molar-refractivity contribution is 7.92. The lowest BCUT2D eigenvalue weighted by Gasteiger charge is -2.29. The Morgan fingerprint density at radius 2 is 1.70 bits per heavy atom. The van der Waals surface area contributed by atoms with Crippen molar-refractivity contribution in [1.29, 1.82) is 0 Å². The van der Waals surface area contributed by atoms with Gasteiger partial charge >= 0.3 is 0 Å². The Morgan fingerprint density at radius 3 is 2.39 bits per heavy atom. The van der Waals surface area contributed by atoms with Crippen LogP contribution in [0.3, 0.4) is 0 Å². The number of nitrogens with zero attached hydrogens (tertiary/aromatic N) is 1. The van der Waals surface area contributed by atoms with E-state index in [9.17, 15) is 13.2 Å². The Hall–Kier alpha value is -3.52. The summed E-state index contributed by atoms with van der Waals surface area (Å²) >= 11 is 0. The number of para-hydroxylation sites is 2. The third kappa shape index (κ3) is 5.12. The van der Waals surface area contributed by atoms with E-state index < -0.39 is 10.0 Å². The summed E-state index contributed by atoms with van der Waals surface area (Å²) in [5, 5.41) is 0. The second-order valence-electron chi connectivity index (χ2n) is 8.11. The van der Waals surface area contributed by atoms with Crippen molar-refractivity contribution in [3.63, 3.8) is 0 Å². The number of hydrogen-bond donors (Lipinski definition) is 1. The van der Waals surface area contributed by atoms with Gasteiger partial charge in [-0.1, -0.05) is 18.2 Å². The van der Waals surface area contributed by atoms with Gasteiger partial charge in [-0.05, 0) is 73.5 Å². The van der Waals surface area contributed by atoms with E-state index in [1.165, 1.54) is 0 Å². The monoisotopic (exact) mass is 466 g/mol. The van der Waals surface area contributed by atoms with Crippen LogP contribution in [0.1, 0.15) is 21.5 Å². The van der Waals surface area contributed by atoms with Crippen molar-refractivity contribution in [2.75, 3.05) is 24.9 Å². The number of ether oxygens (including phenoxy) is 2. The molecule has 1 heterocycles. The summed E-state index contributed by atoms with van der Waals surface area (Å²) in [6.45, 7) is 4.51. The topological polar surface area (TPSA) is 84.9 Å². The quantitative estimate of drug-likeness (QED) is 0.593. The van der Waals surface area contributed by atoms with Crippen LogP contribution in [0.4, 0.5) is 5.69 Å². The van der Waals surface area contributed by atoms with Crippen molar-refractivity contribution >= 4 is 21.6 Å². The van der Waals surface area contributed by atoms with Gasteiger partial charge in [0, 0.05) is 18.3 Å². The number of fused-ring (bicyclic) bond motifs is 1. The van der Waals surface area contributed by atoms with Crippen molar-refractivity contribution in [1.82, 2.24) is 4.90 Å². The maximum Gasteiger partial charge on any atom is 0.261 e. The molecule has 1 aliphatic rings. The van der Waals surface area contributed by atoms with Gasteiger partial charge < -0.3 is 14.4 Å². The van der Waals surface area contributed by atoms with Crippen LogP contribution in [-0.2, 0) is 10.0 Å². The van der Waals surface area contributed by atoms with Crippen LogP contribution in [0.5, 0.6) is 11.5 Å². The molecule has 0 saturated heterocycles. The number of benzene rings is 3. The summed E-state index contributed by atoms with van der Waals surface area (Å²) in [6.07, 6.45) is -0.280. The Labute approximate surface area is 194 Å². The van der Waals surface area contributed by atoms with Crippen molar-refractivity contribution in [3.8, 4) is 11.5 Å². The number of anilines is 1. The fourth-order valence-corrected chi connectivity index (χ4v) is 4.68. The molecule has 8 heteroatoms. The van der Waals surface area contributed by atoms with Crippen LogP contribution in [0.15, 0.2) is 71.6 Å². The number of nitrogens with one attached hydrogen (secondary N) is 1. The zero-order valence-corrected chi connectivity index (χ0v) is 19.6. The lowest BCUT2D eigenvalue weighted by atomic mass is 10.1. The van der Waals surface area contributed by atoms with E-state index in [2.05, 4.69) is 4.72 Å². The third-order valence-electron chi connectivity index (χ3n) is 5.56. The van der Waals surface area contributed by atoms with Gasteiger partial charge in [-0.2, -0.15) is 0 Å². The molecule has 0 spiro atoms. The number of amides is 1. The predicted molar refractivity (Wildman–Crippen MR) is 126 cm³/mol. The Morgan fingerprint density at radius 1 is 1.00 bits per heavy atom. The smallest absolute Gasteiger partial charge is 0.261 e. The standard InChI is InChI=1S/C25H26N2O5S/c1-17-8-13-22(14-18(17)2)33(29,30)26-20-11-9-19(10-12-20)25(28)27(3)15-21-16-31-23-6-4-5-7-24(23)32-21/h4-14,21,26H,15-16H2,1-3H3. The van der Waals surface area contributed by atoms with Crippen molar-refractivity contribution in [3.05, 3.63) is 83.4 Å². The number of hydrogen-bond acceptors (Lipinski definition) is 5. The van der Waals surface area contributed by atoms with Gasteiger partial charge in [0.15, 0.2) is 17.6 Å². The molecule has 33 heavy (non-hydrogen) atoms. The van der Waals surface area contributed by atoms with E-state index in [1.807, 2.05) is 38.1 Å². The Balaban J connectivity index is 1.39. The first-order valence-electron chi connectivity index (χ1n) is 10.6. The molecule has 0 fully saturated rings. The minimum absolute atomic E-state index is 0.193. The third-order valence-corrected chi connectivity index (χ3v) is 6.94. The summed E-state index contributed by atoms with van der Waals surface area (Å²) in [5.41, 5.74) is 2.75. The SMILES string of the molecule is Cc1ccc(S(=O)(=O)Nc2ccc(C(=O)N(C)CC3COc4ccccc4O3)cc2)cc1C.